The number of hydrogen-bond acceptors (Lipinski definition) is 4. The highest BCUT2D eigenvalue weighted by Gasteiger charge is 2.20. The molecule has 4 aromatic carbocycles. The number of benzene rings is 4. The van der Waals surface area contributed by atoms with E-state index in [1.165, 1.54) is 27.8 Å². The molecule has 4 nitrogen and oxygen atoms in total. The van der Waals surface area contributed by atoms with E-state index in [9.17, 15) is 4.79 Å². The van der Waals surface area contributed by atoms with E-state index >= 15 is 0 Å². The van der Waals surface area contributed by atoms with Crippen molar-refractivity contribution in [3.05, 3.63) is 131 Å². The summed E-state index contributed by atoms with van der Waals surface area (Å²) in [4.78, 5) is 13.0. The van der Waals surface area contributed by atoms with E-state index in [4.69, 9.17) is 0 Å². The summed E-state index contributed by atoms with van der Waals surface area (Å²) in [7, 11) is 0. The van der Waals surface area contributed by atoms with Crippen LogP contribution in [0.5, 0.6) is 0 Å². The Bertz CT molecular complexity index is 1540. The van der Waals surface area contributed by atoms with Crippen molar-refractivity contribution in [1.82, 2.24) is 14.8 Å². The first-order chi connectivity index (χ1) is 18.3. The van der Waals surface area contributed by atoms with E-state index < -0.39 is 0 Å². The minimum Gasteiger partial charge on any atom is -0.294 e. The topological polar surface area (TPSA) is 47.8 Å². The van der Waals surface area contributed by atoms with Gasteiger partial charge in [0.25, 0.3) is 0 Å². The van der Waals surface area contributed by atoms with Gasteiger partial charge in [-0.05, 0) is 58.9 Å². The molecule has 1 heterocycles. The third-order valence-electron chi connectivity index (χ3n) is 6.81. The normalized spacial score (nSPS) is 11.8. The standard InChI is InChI=1S/C32H27N3OS/c36-30(25-17-18-29-26(22-25)21-24-12-7-8-15-28(24)29)16-9-19-37-32-34-33-31(20-23-10-3-1-4-11-23)35(32)27-13-5-2-6-14-27/h1-8,10-15,17-18,22H,9,16,19-21H2. The van der Waals surface area contributed by atoms with Crippen molar-refractivity contribution in [3.8, 4) is 16.8 Å². The monoisotopic (exact) mass is 501 g/mol. The number of Topliss-reactive ketones (excluding diaryl/α,β-unsaturated/α-hetero) is 1. The SMILES string of the molecule is O=C(CCCSc1nnc(Cc2ccccc2)n1-c1ccccc1)c1ccc2c(c1)Cc1ccccc1-2. The summed E-state index contributed by atoms with van der Waals surface area (Å²) < 4.78 is 2.14. The molecule has 0 spiro atoms. The number of ketones is 1. The molecule has 6 rings (SSSR count). The van der Waals surface area contributed by atoms with Crippen LogP contribution in [0.25, 0.3) is 16.8 Å². The second-order valence-electron chi connectivity index (χ2n) is 9.31. The van der Waals surface area contributed by atoms with Gasteiger partial charge in [0.2, 0.25) is 0 Å². The van der Waals surface area contributed by atoms with Crippen molar-refractivity contribution in [2.45, 2.75) is 30.8 Å². The number of para-hydroxylation sites is 1. The second kappa shape index (κ2) is 10.6. The van der Waals surface area contributed by atoms with Gasteiger partial charge >= 0.3 is 0 Å². The minimum atomic E-state index is 0.202. The molecule has 0 fully saturated rings. The average Bonchev–Trinajstić information content (AvgIpc) is 3.52. The van der Waals surface area contributed by atoms with E-state index in [1.807, 2.05) is 42.5 Å². The van der Waals surface area contributed by atoms with Gasteiger partial charge in [-0.3, -0.25) is 9.36 Å². The molecular weight excluding hydrogens is 474 g/mol. The Kier molecular flexibility index (Phi) is 6.70. The Balaban J connectivity index is 1.11. The van der Waals surface area contributed by atoms with Crippen molar-refractivity contribution in [2.75, 3.05) is 5.75 Å². The third-order valence-corrected chi connectivity index (χ3v) is 7.83. The van der Waals surface area contributed by atoms with Crippen molar-refractivity contribution < 1.29 is 4.79 Å². The minimum absolute atomic E-state index is 0.202. The molecule has 0 amide bonds. The van der Waals surface area contributed by atoms with Crippen LogP contribution >= 0.6 is 11.8 Å². The van der Waals surface area contributed by atoms with Crippen LogP contribution in [0.4, 0.5) is 0 Å². The molecule has 0 saturated heterocycles. The van der Waals surface area contributed by atoms with Crippen LogP contribution in [0.2, 0.25) is 0 Å². The number of carbonyl (C=O) groups is 1. The van der Waals surface area contributed by atoms with Gasteiger partial charge in [-0.25, -0.2) is 0 Å². The van der Waals surface area contributed by atoms with Gasteiger partial charge in [0.1, 0.15) is 5.82 Å². The fraction of sp³-hybridized carbons (Fsp3) is 0.156. The Hall–Kier alpha value is -3.96. The zero-order chi connectivity index (χ0) is 25.0. The summed E-state index contributed by atoms with van der Waals surface area (Å²) >= 11 is 1.66. The Morgan fingerprint density at radius 1 is 0.784 bits per heavy atom. The largest absolute Gasteiger partial charge is 0.294 e. The zero-order valence-electron chi connectivity index (χ0n) is 20.5. The summed E-state index contributed by atoms with van der Waals surface area (Å²) in [6, 6.07) is 35.3. The van der Waals surface area contributed by atoms with Crippen LogP contribution in [-0.4, -0.2) is 26.3 Å². The van der Waals surface area contributed by atoms with Gasteiger partial charge in [0.15, 0.2) is 10.9 Å². The summed E-state index contributed by atoms with van der Waals surface area (Å²) in [5.74, 6) is 1.92. The van der Waals surface area contributed by atoms with E-state index in [0.29, 0.717) is 12.8 Å². The number of nitrogens with zero attached hydrogens (tertiary/aromatic N) is 3. The number of aromatic nitrogens is 3. The molecule has 1 aromatic heterocycles. The molecule has 1 aliphatic rings. The maximum Gasteiger partial charge on any atom is 0.195 e. The van der Waals surface area contributed by atoms with Crippen LogP contribution in [0.15, 0.2) is 108 Å². The smallest absolute Gasteiger partial charge is 0.195 e. The molecule has 0 unspecified atom stereocenters. The predicted molar refractivity (Wildman–Crippen MR) is 150 cm³/mol. The lowest BCUT2D eigenvalue weighted by Crippen LogP contribution is -2.04. The maximum absolute atomic E-state index is 13.0. The molecule has 0 saturated carbocycles. The van der Waals surface area contributed by atoms with Crippen molar-refractivity contribution in [2.24, 2.45) is 0 Å². The van der Waals surface area contributed by atoms with Crippen LogP contribution in [-0.2, 0) is 12.8 Å². The van der Waals surface area contributed by atoms with Gasteiger partial charge in [-0.1, -0.05) is 96.7 Å². The Labute approximate surface area is 221 Å². The quantitative estimate of drug-likeness (QED) is 0.120. The first-order valence-corrected chi connectivity index (χ1v) is 13.7. The molecule has 5 aromatic rings. The highest BCUT2D eigenvalue weighted by molar-refractivity contribution is 7.99. The Morgan fingerprint density at radius 3 is 2.35 bits per heavy atom. The fourth-order valence-corrected chi connectivity index (χ4v) is 5.89. The van der Waals surface area contributed by atoms with E-state index in [-0.39, 0.29) is 5.78 Å². The molecule has 0 aliphatic heterocycles. The van der Waals surface area contributed by atoms with Crippen LogP contribution in [0, 0.1) is 0 Å². The first kappa shape index (κ1) is 23.4. The van der Waals surface area contributed by atoms with Gasteiger partial charge in [-0.2, -0.15) is 0 Å². The number of hydrogen-bond donors (Lipinski definition) is 0. The van der Waals surface area contributed by atoms with Gasteiger partial charge < -0.3 is 0 Å². The molecule has 37 heavy (non-hydrogen) atoms. The first-order valence-electron chi connectivity index (χ1n) is 12.7. The molecule has 1 aliphatic carbocycles. The number of thioether (sulfide) groups is 1. The van der Waals surface area contributed by atoms with Crippen molar-refractivity contribution in [1.29, 1.82) is 0 Å². The second-order valence-corrected chi connectivity index (χ2v) is 10.4. The highest BCUT2D eigenvalue weighted by atomic mass is 32.2. The number of rotatable bonds is 9. The molecular formula is C32H27N3OS. The molecule has 0 bridgehead atoms. The fourth-order valence-electron chi connectivity index (χ4n) is 4.98. The molecule has 0 radical (unpaired) electrons. The van der Waals surface area contributed by atoms with Crippen LogP contribution < -0.4 is 0 Å². The summed E-state index contributed by atoms with van der Waals surface area (Å²) in [6.45, 7) is 0. The molecule has 182 valence electrons. The van der Waals surface area contributed by atoms with Crippen LogP contribution in [0.3, 0.4) is 0 Å². The molecule has 5 heteroatoms. The lowest BCUT2D eigenvalue weighted by molar-refractivity contribution is 0.0982. The number of fused-ring (bicyclic) bond motifs is 3. The lowest BCUT2D eigenvalue weighted by atomic mass is 10.00. The van der Waals surface area contributed by atoms with Crippen molar-refractivity contribution >= 4 is 17.5 Å². The Morgan fingerprint density at radius 2 is 1.51 bits per heavy atom. The summed E-state index contributed by atoms with van der Waals surface area (Å²) in [6.07, 6.45) is 2.93. The summed E-state index contributed by atoms with van der Waals surface area (Å²) in [5.41, 5.74) is 8.21. The maximum atomic E-state index is 13.0. The summed E-state index contributed by atoms with van der Waals surface area (Å²) in [5, 5.41) is 9.90. The van der Waals surface area contributed by atoms with Gasteiger partial charge in [0.05, 0.1) is 0 Å². The van der Waals surface area contributed by atoms with E-state index in [2.05, 4.69) is 75.4 Å². The number of carbonyl (C=O) groups excluding carboxylic acids is 1. The molecule has 0 N–H and O–H groups in total. The van der Waals surface area contributed by atoms with Gasteiger partial charge in [-0.15, -0.1) is 10.2 Å². The van der Waals surface area contributed by atoms with Gasteiger partial charge in [0, 0.05) is 29.8 Å². The predicted octanol–water partition coefficient (Wildman–Crippen LogP) is 7.18. The van der Waals surface area contributed by atoms with Crippen molar-refractivity contribution in [3.63, 3.8) is 0 Å². The third kappa shape index (κ3) is 5.00. The zero-order valence-corrected chi connectivity index (χ0v) is 21.3. The van der Waals surface area contributed by atoms with E-state index in [0.717, 1.165) is 40.8 Å². The average molecular weight is 502 g/mol. The molecule has 0 atom stereocenters. The van der Waals surface area contributed by atoms with Crippen LogP contribution in [0.1, 0.15) is 45.7 Å². The van der Waals surface area contributed by atoms with E-state index in [1.54, 1.807) is 11.8 Å². The highest BCUT2D eigenvalue weighted by Crippen LogP contribution is 2.37. The lowest BCUT2D eigenvalue weighted by Gasteiger charge is -2.10.